The van der Waals surface area contributed by atoms with Crippen LogP contribution in [0, 0.1) is 5.41 Å². The van der Waals surface area contributed by atoms with Gasteiger partial charge in [-0.3, -0.25) is 9.59 Å². The van der Waals surface area contributed by atoms with Crippen LogP contribution in [0.15, 0.2) is 30.3 Å². The number of nitrogens with one attached hydrogen (secondary N) is 1. The molecule has 0 aliphatic carbocycles. The number of nitrogens with zero attached hydrogens (tertiary/aromatic N) is 1. The number of ketones is 1. The zero-order valence-electron chi connectivity index (χ0n) is 16.5. The van der Waals surface area contributed by atoms with Gasteiger partial charge in [-0.05, 0) is 44.3 Å². The van der Waals surface area contributed by atoms with Gasteiger partial charge in [-0.25, -0.2) is 0 Å². The topological polar surface area (TPSA) is 58.6 Å². The summed E-state index contributed by atoms with van der Waals surface area (Å²) in [5.41, 5.74) is 1.31. The lowest BCUT2D eigenvalue weighted by Crippen LogP contribution is -2.45. The molecule has 1 aromatic rings. The largest absolute Gasteiger partial charge is 0.368 e. The van der Waals surface area contributed by atoms with Gasteiger partial charge in [0.15, 0.2) is 5.78 Å². The highest BCUT2D eigenvalue weighted by Gasteiger charge is 2.36. The van der Waals surface area contributed by atoms with Crippen LogP contribution in [0.1, 0.15) is 38.7 Å². The van der Waals surface area contributed by atoms with Crippen molar-refractivity contribution in [2.75, 3.05) is 27.2 Å². The molecule has 0 aromatic heterocycles. The molecule has 0 saturated carbocycles. The molecule has 0 radical (unpaired) electrons. The Balaban J connectivity index is 1.82. The number of hydrogen-bond acceptors (Lipinski definition) is 4. The molecule has 0 bridgehead atoms. The molecule has 2 rings (SSSR count). The van der Waals surface area contributed by atoms with Crippen LogP contribution in [0.25, 0.3) is 0 Å². The van der Waals surface area contributed by atoms with Gasteiger partial charge in [0.05, 0.1) is 6.10 Å². The van der Waals surface area contributed by atoms with E-state index in [0.717, 1.165) is 25.8 Å². The van der Waals surface area contributed by atoms with Crippen molar-refractivity contribution in [3.63, 3.8) is 0 Å². The smallest absolute Gasteiger partial charge is 0.220 e. The number of rotatable bonds is 9. The average molecular weight is 360 g/mol. The second kappa shape index (κ2) is 9.28. The van der Waals surface area contributed by atoms with E-state index in [-0.39, 0.29) is 29.8 Å². The quantitative estimate of drug-likeness (QED) is 0.735. The fourth-order valence-electron chi connectivity index (χ4n) is 3.33. The van der Waals surface area contributed by atoms with Gasteiger partial charge in [0, 0.05) is 13.0 Å². The number of amides is 1. The van der Waals surface area contributed by atoms with Gasteiger partial charge in [0.25, 0.3) is 0 Å². The number of benzene rings is 1. The summed E-state index contributed by atoms with van der Waals surface area (Å²) in [7, 11) is 3.97. The third kappa shape index (κ3) is 6.54. The number of carbonyl (C=O) groups excluding carboxylic acids is 2. The van der Waals surface area contributed by atoms with Gasteiger partial charge >= 0.3 is 0 Å². The molecule has 1 amide bonds. The Morgan fingerprint density at radius 1 is 1.27 bits per heavy atom. The van der Waals surface area contributed by atoms with E-state index in [1.807, 2.05) is 32.3 Å². The van der Waals surface area contributed by atoms with E-state index in [1.165, 1.54) is 5.56 Å². The van der Waals surface area contributed by atoms with E-state index in [1.54, 1.807) is 0 Å². The Morgan fingerprint density at radius 3 is 2.62 bits per heavy atom. The molecule has 0 spiro atoms. The Bertz CT molecular complexity index is 599. The number of ether oxygens (including phenoxy) is 1. The van der Waals surface area contributed by atoms with Crippen LogP contribution in [0.3, 0.4) is 0 Å². The highest BCUT2D eigenvalue weighted by Crippen LogP contribution is 2.27. The fraction of sp³-hybridized carbons (Fsp3) is 0.619. The second-order valence-electron chi connectivity index (χ2n) is 8.28. The van der Waals surface area contributed by atoms with E-state index in [4.69, 9.17) is 4.74 Å². The summed E-state index contributed by atoms with van der Waals surface area (Å²) in [6.07, 6.45) is 2.65. The Hall–Kier alpha value is -1.72. The maximum absolute atomic E-state index is 12.4. The molecule has 26 heavy (non-hydrogen) atoms. The SMILES string of the molecule is CN(C)CCC1OCC(=O)C1NC(=O)CCC(C)(C)Cc1ccccc1. The predicted octanol–water partition coefficient (Wildman–Crippen LogP) is 2.44. The first-order valence-electron chi connectivity index (χ1n) is 9.39. The van der Waals surface area contributed by atoms with Crippen LogP contribution in [-0.2, 0) is 20.7 Å². The van der Waals surface area contributed by atoms with Crippen LogP contribution in [-0.4, -0.2) is 56.0 Å². The summed E-state index contributed by atoms with van der Waals surface area (Å²) in [6.45, 7) is 5.28. The Kier molecular flexibility index (Phi) is 7.35. The molecule has 1 aromatic carbocycles. The monoisotopic (exact) mass is 360 g/mol. The summed E-state index contributed by atoms with van der Waals surface area (Å²) < 4.78 is 5.56. The third-order valence-corrected chi connectivity index (χ3v) is 4.89. The fourth-order valence-corrected chi connectivity index (χ4v) is 3.33. The van der Waals surface area contributed by atoms with Gasteiger partial charge in [0.2, 0.25) is 5.91 Å². The van der Waals surface area contributed by atoms with Gasteiger partial charge < -0.3 is 15.0 Å². The highest BCUT2D eigenvalue weighted by molar-refractivity contribution is 5.91. The van der Waals surface area contributed by atoms with Crippen LogP contribution in [0.5, 0.6) is 0 Å². The van der Waals surface area contributed by atoms with Crippen LogP contribution >= 0.6 is 0 Å². The summed E-state index contributed by atoms with van der Waals surface area (Å²) in [5, 5.41) is 2.91. The van der Waals surface area contributed by atoms with Crippen LogP contribution in [0.4, 0.5) is 0 Å². The molecule has 1 fully saturated rings. The molecule has 1 heterocycles. The first-order chi connectivity index (χ1) is 12.3. The zero-order chi connectivity index (χ0) is 19.2. The van der Waals surface area contributed by atoms with Crippen molar-refractivity contribution in [3.05, 3.63) is 35.9 Å². The van der Waals surface area contributed by atoms with Crippen molar-refractivity contribution in [2.45, 2.75) is 51.7 Å². The molecule has 1 aliphatic rings. The lowest BCUT2D eigenvalue weighted by molar-refractivity contribution is -0.126. The second-order valence-corrected chi connectivity index (χ2v) is 8.28. The number of carbonyl (C=O) groups is 2. The summed E-state index contributed by atoms with van der Waals surface area (Å²) in [6, 6.07) is 9.82. The first kappa shape index (κ1) is 20.6. The van der Waals surface area contributed by atoms with Gasteiger partial charge in [-0.1, -0.05) is 44.2 Å². The van der Waals surface area contributed by atoms with Crippen LogP contribution in [0.2, 0.25) is 0 Å². The molecular formula is C21H32N2O3. The molecule has 144 valence electrons. The Labute approximate surface area is 157 Å². The zero-order valence-corrected chi connectivity index (χ0v) is 16.5. The molecule has 1 saturated heterocycles. The standard InChI is InChI=1S/C21H32N2O3/c1-21(2,14-16-8-6-5-7-9-16)12-10-19(25)22-20-17(24)15-26-18(20)11-13-23(3)4/h5-9,18,20H,10-15H2,1-4H3,(H,22,25). The van der Waals surface area contributed by atoms with E-state index in [9.17, 15) is 9.59 Å². The van der Waals surface area contributed by atoms with Crippen molar-refractivity contribution >= 4 is 11.7 Å². The van der Waals surface area contributed by atoms with Crippen molar-refractivity contribution < 1.29 is 14.3 Å². The number of Topliss-reactive ketones (excluding diaryl/α,β-unsaturated/α-hetero) is 1. The minimum atomic E-state index is -0.500. The third-order valence-electron chi connectivity index (χ3n) is 4.89. The van der Waals surface area contributed by atoms with E-state index in [0.29, 0.717) is 6.42 Å². The highest BCUT2D eigenvalue weighted by atomic mass is 16.5. The molecule has 2 unspecified atom stereocenters. The molecule has 1 aliphatic heterocycles. The predicted molar refractivity (Wildman–Crippen MR) is 103 cm³/mol. The summed E-state index contributed by atoms with van der Waals surface area (Å²) >= 11 is 0. The average Bonchev–Trinajstić information content (AvgIpc) is 2.92. The van der Waals surface area contributed by atoms with Crippen molar-refractivity contribution in [1.29, 1.82) is 0 Å². The van der Waals surface area contributed by atoms with E-state index < -0.39 is 6.04 Å². The molecular weight excluding hydrogens is 328 g/mol. The first-order valence-corrected chi connectivity index (χ1v) is 9.39. The van der Waals surface area contributed by atoms with Gasteiger partial charge in [0.1, 0.15) is 12.6 Å². The van der Waals surface area contributed by atoms with Crippen LogP contribution < -0.4 is 5.32 Å². The van der Waals surface area contributed by atoms with Gasteiger partial charge in [-0.2, -0.15) is 0 Å². The van der Waals surface area contributed by atoms with Crippen molar-refractivity contribution in [2.24, 2.45) is 5.41 Å². The number of hydrogen-bond donors (Lipinski definition) is 1. The maximum Gasteiger partial charge on any atom is 0.220 e. The lowest BCUT2D eigenvalue weighted by atomic mass is 9.81. The lowest BCUT2D eigenvalue weighted by Gasteiger charge is -2.25. The van der Waals surface area contributed by atoms with Crippen molar-refractivity contribution in [1.82, 2.24) is 10.2 Å². The molecule has 1 N–H and O–H groups in total. The normalized spacial score (nSPS) is 20.6. The maximum atomic E-state index is 12.4. The molecule has 5 heteroatoms. The molecule has 5 nitrogen and oxygen atoms in total. The van der Waals surface area contributed by atoms with E-state index >= 15 is 0 Å². The summed E-state index contributed by atoms with van der Waals surface area (Å²) in [5.74, 6) is -0.0875. The minimum absolute atomic E-state index is 0.0225. The molecule has 2 atom stereocenters. The summed E-state index contributed by atoms with van der Waals surface area (Å²) in [4.78, 5) is 26.5. The Morgan fingerprint density at radius 2 is 1.96 bits per heavy atom. The van der Waals surface area contributed by atoms with Crippen molar-refractivity contribution in [3.8, 4) is 0 Å². The van der Waals surface area contributed by atoms with E-state index in [2.05, 4.69) is 36.2 Å². The minimum Gasteiger partial charge on any atom is -0.368 e. The van der Waals surface area contributed by atoms with Gasteiger partial charge in [-0.15, -0.1) is 0 Å².